The predicted molar refractivity (Wildman–Crippen MR) is 154 cm³/mol. The molecule has 1 aliphatic heterocycles. The highest BCUT2D eigenvalue weighted by molar-refractivity contribution is 7.09. The lowest BCUT2D eigenvalue weighted by atomic mass is 9.82. The van der Waals surface area contributed by atoms with Crippen LogP contribution in [0.5, 0.6) is 0 Å². The molecule has 208 valence electrons. The maximum absolute atomic E-state index is 14.6. The molecule has 3 atom stereocenters. The molecule has 39 heavy (non-hydrogen) atoms. The van der Waals surface area contributed by atoms with Gasteiger partial charge in [-0.15, -0.1) is 11.3 Å². The highest BCUT2D eigenvalue weighted by atomic mass is 32.1. The van der Waals surface area contributed by atoms with Crippen LogP contribution in [0.2, 0.25) is 0 Å². The van der Waals surface area contributed by atoms with Crippen molar-refractivity contribution in [1.82, 2.24) is 19.9 Å². The Hall–Kier alpha value is -3.13. The van der Waals surface area contributed by atoms with Gasteiger partial charge in [0.05, 0.1) is 11.7 Å². The molecule has 2 aromatic heterocycles. The van der Waals surface area contributed by atoms with Gasteiger partial charge in [-0.25, -0.2) is 9.78 Å². The molecule has 1 aromatic carbocycles. The van der Waals surface area contributed by atoms with E-state index in [1.165, 1.54) is 11.3 Å². The average Bonchev–Trinajstić information content (AvgIpc) is 3.49. The number of likely N-dealkylation sites (tertiary alicyclic amines) is 1. The van der Waals surface area contributed by atoms with E-state index < -0.39 is 23.2 Å². The van der Waals surface area contributed by atoms with Crippen LogP contribution < -0.4 is 0 Å². The van der Waals surface area contributed by atoms with Crippen molar-refractivity contribution in [2.75, 3.05) is 0 Å². The largest absolute Gasteiger partial charge is 0.458 e. The molecule has 3 heterocycles. The van der Waals surface area contributed by atoms with Gasteiger partial charge in [-0.05, 0) is 62.6 Å². The van der Waals surface area contributed by atoms with Crippen molar-refractivity contribution in [2.45, 2.75) is 96.7 Å². The Bertz CT molecular complexity index is 1280. The zero-order chi connectivity index (χ0) is 28.6. The molecule has 0 saturated carbocycles. The maximum atomic E-state index is 14.6. The van der Waals surface area contributed by atoms with E-state index in [0.717, 1.165) is 16.3 Å². The van der Waals surface area contributed by atoms with Gasteiger partial charge in [-0.3, -0.25) is 14.8 Å². The molecule has 1 unspecified atom stereocenters. The summed E-state index contributed by atoms with van der Waals surface area (Å²) >= 11 is 1.48. The summed E-state index contributed by atoms with van der Waals surface area (Å²) in [6.45, 7) is 16.2. The fraction of sp³-hybridized carbons (Fsp3) is 0.516. The van der Waals surface area contributed by atoms with E-state index in [9.17, 15) is 9.59 Å². The molecule has 0 spiro atoms. The Labute approximate surface area is 236 Å². The van der Waals surface area contributed by atoms with E-state index in [0.29, 0.717) is 18.4 Å². The summed E-state index contributed by atoms with van der Waals surface area (Å²) in [5.74, 6) is -0.771. The van der Waals surface area contributed by atoms with Crippen LogP contribution in [-0.4, -0.2) is 42.9 Å². The van der Waals surface area contributed by atoms with E-state index in [1.54, 1.807) is 29.7 Å². The Morgan fingerprint density at radius 3 is 2.26 bits per heavy atom. The maximum Gasteiger partial charge on any atom is 0.332 e. The van der Waals surface area contributed by atoms with Crippen LogP contribution in [0.1, 0.15) is 107 Å². The number of carbonyl (C=O) groups is 2. The van der Waals surface area contributed by atoms with Crippen molar-refractivity contribution in [3.05, 3.63) is 76.3 Å². The quantitative estimate of drug-likeness (QED) is 0.318. The molecule has 3 aromatic rings. The fourth-order valence-electron chi connectivity index (χ4n) is 5.52. The lowest BCUT2D eigenvalue weighted by Gasteiger charge is -2.41. The SMILES string of the molecule is CC(C)CC1(C(=O)OC(C)(C)C)C[C@H](c2cnccn2)[C@H](c2nccs2)N1C(=O)c1ccc(C(C)(C)C)cc1. The van der Waals surface area contributed by atoms with Crippen LogP contribution in [0.15, 0.2) is 54.4 Å². The number of nitrogens with zero attached hydrogens (tertiary/aromatic N) is 4. The molecule has 8 heteroatoms. The van der Waals surface area contributed by atoms with Crippen molar-refractivity contribution in [3.8, 4) is 0 Å². The second-order valence-electron chi connectivity index (χ2n) is 12.9. The van der Waals surface area contributed by atoms with Crippen molar-refractivity contribution in [1.29, 1.82) is 0 Å². The number of esters is 1. The molecule has 0 bridgehead atoms. The molecule has 7 nitrogen and oxygen atoms in total. The molecule has 1 fully saturated rings. The number of rotatable bonds is 6. The van der Waals surface area contributed by atoms with Gasteiger partial charge in [0, 0.05) is 41.6 Å². The second kappa shape index (κ2) is 10.8. The summed E-state index contributed by atoms with van der Waals surface area (Å²) in [4.78, 5) is 44.3. The lowest BCUT2D eigenvalue weighted by molar-refractivity contribution is -0.168. The lowest BCUT2D eigenvalue weighted by Crippen LogP contribution is -2.56. The topological polar surface area (TPSA) is 85.3 Å². The Morgan fingerprint density at radius 2 is 1.74 bits per heavy atom. The van der Waals surface area contributed by atoms with Gasteiger partial charge in [0.15, 0.2) is 0 Å². The number of hydrogen-bond acceptors (Lipinski definition) is 7. The summed E-state index contributed by atoms with van der Waals surface area (Å²) in [5, 5.41) is 2.67. The summed E-state index contributed by atoms with van der Waals surface area (Å²) in [7, 11) is 0. The molecule has 4 rings (SSSR count). The molecule has 0 aliphatic carbocycles. The molecular formula is C31H40N4O3S. The van der Waals surface area contributed by atoms with Crippen LogP contribution in [0.3, 0.4) is 0 Å². The van der Waals surface area contributed by atoms with Gasteiger partial charge in [0.25, 0.3) is 5.91 Å². The molecule has 1 aliphatic rings. The minimum Gasteiger partial charge on any atom is -0.458 e. The molecule has 0 radical (unpaired) electrons. The minimum atomic E-state index is -1.21. The standard InChI is InChI=1S/C31H40N4O3S/c1-20(2)17-31(28(37)38-30(6,7)8)18-23(24-19-32-13-14-33-24)25(26-34-15-16-39-26)35(31)27(36)21-9-11-22(12-10-21)29(3,4)5/h9-16,19-20,23,25H,17-18H2,1-8H3/t23-,25-,31?/m1/s1. The van der Waals surface area contributed by atoms with Gasteiger partial charge in [-0.2, -0.15) is 0 Å². The number of carbonyl (C=O) groups excluding carboxylic acids is 2. The van der Waals surface area contributed by atoms with Gasteiger partial charge in [0.2, 0.25) is 0 Å². The highest BCUT2D eigenvalue weighted by Gasteiger charge is 2.61. The fourth-order valence-corrected chi connectivity index (χ4v) is 6.31. The summed E-state index contributed by atoms with van der Waals surface area (Å²) < 4.78 is 6.07. The van der Waals surface area contributed by atoms with E-state index >= 15 is 0 Å². The van der Waals surface area contributed by atoms with Crippen molar-refractivity contribution in [2.24, 2.45) is 5.92 Å². The van der Waals surface area contributed by atoms with E-state index in [4.69, 9.17) is 4.74 Å². The number of amides is 1. The summed E-state index contributed by atoms with van der Waals surface area (Å²) in [5.41, 5.74) is 0.419. The molecule has 0 N–H and O–H groups in total. The van der Waals surface area contributed by atoms with Crippen molar-refractivity contribution < 1.29 is 14.3 Å². The van der Waals surface area contributed by atoms with E-state index in [-0.39, 0.29) is 23.2 Å². The Balaban J connectivity index is 1.93. The predicted octanol–water partition coefficient (Wildman–Crippen LogP) is 6.73. The van der Waals surface area contributed by atoms with Gasteiger partial charge in [-0.1, -0.05) is 46.8 Å². The first-order chi connectivity index (χ1) is 18.2. The number of benzene rings is 1. The third-order valence-corrected chi connectivity index (χ3v) is 7.93. The minimum absolute atomic E-state index is 0.0480. The number of hydrogen-bond donors (Lipinski definition) is 0. The van der Waals surface area contributed by atoms with E-state index in [1.807, 2.05) is 50.4 Å². The molecular weight excluding hydrogens is 508 g/mol. The number of ether oxygens (including phenoxy) is 1. The smallest absolute Gasteiger partial charge is 0.332 e. The van der Waals surface area contributed by atoms with Crippen LogP contribution in [0.4, 0.5) is 0 Å². The summed E-state index contributed by atoms with van der Waals surface area (Å²) in [6.07, 6.45) is 7.57. The van der Waals surface area contributed by atoms with Gasteiger partial charge in [0.1, 0.15) is 16.1 Å². The number of thiazole rings is 1. The van der Waals surface area contributed by atoms with Crippen LogP contribution in [-0.2, 0) is 14.9 Å². The first kappa shape index (κ1) is 28.9. The van der Waals surface area contributed by atoms with Crippen LogP contribution >= 0.6 is 11.3 Å². The first-order valence-electron chi connectivity index (χ1n) is 13.6. The zero-order valence-electron chi connectivity index (χ0n) is 24.3. The van der Waals surface area contributed by atoms with Crippen LogP contribution in [0.25, 0.3) is 0 Å². The van der Waals surface area contributed by atoms with E-state index in [2.05, 4.69) is 49.6 Å². The Kier molecular flexibility index (Phi) is 7.99. The van der Waals surface area contributed by atoms with Gasteiger partial charge < -0.3 is 9.64 Å². The monoisotopic (exact) mass is 548 g/mol. The normalized spacial score (nSPS) is 21.8. The average molecular weight is 549 g/mol. The van der Waals surface area contributed by atoms with Gasteiger partial charge >= 0.3 is 5.97 Å². The van der Waals surface area contributed by atoms with Crippen LogP contribution in [0, 0.1) is 5.92 Å². The third kappa shape index (κ3) is 6.06. The third-order valence-electron chi connectivity index (χ3n) is 7.09. The Morgan fingerprint density at radius 1 is 1.05 bits per heavy atom. The first-order valence-corrected chi connectivity index (χ1v) is 14.4. The van der Waals surface area contributed by atoms with Crippen molar-refractivity contribution >= 4 is 23.2 Å². The second-order valence-corrected chi connectivity index (χ2v) is 13.8. The molecule has 1 amide bonds. The highest BCUT2D eigenvalue weighted by Crippen LogP contribution is 2.55. The summed E-state index contributed by atoms with van der Waals surface area (Å²) in [6, 6.07) is 7.24. The molecule has 1 saturated heterocycles. The number of aromatic nitrogens is 3. The zero-order valence-corrected chi connectivity index (χ0v) is 25.1. The van der Waals surface area contributed by atoms with Crippen molar-refractivity contribution in [3.63, 3.8) is 0 Å².